The van der Waals surface area contributed by atoms with Gasteiger partial charge in [-0.3, -0.25) is 34.2 Å². The zero-order valence-corrected chi connectivity index (χ0v) is 29.8. The smallest absolute Gasteiger partial charge is 0.264 e. The van der Waals surface area contributed by atoms with Crippen molar-refractivity contribution in [2.75, 3.05) is 118 Å². The van der Waals surface area contributed by atoms with Crippen molar-refractivity contribution < 1.29 is 67.0 Å². The van der Waals surface area contributed by atoms with Gasteiger partial charge >= 0.3 is 0 Å². The molecule has 1 aromatic carbocycles. The molecule has 0 spiro atoms. The molecule has 2 heterocycles. The highest BCUT2D eigenvalue weighted by atomic mass is 16.6. The van der Waals surface area contributed by atoms with Gasteiger partial charge in [0.05, 0.1) is 123 Å². The van der Waals surface area contributed by atoms with Gasteiger partial charge in [-0.15, -0.1) is 0 Å². The number of carbonyl (C=O) groups excluding carboxylic acids is 5. The molecule has 17 nitrogen and oxygen atoms in total. The molecule has 0 saturated carbocycles. The maximum Gasteiger partial charge on any atom is 0.264 e. The third-order valence-corrected chi connectivity index (χ3v) is 7.77. The Kier molecular flexibility index (Phi) is 21.8. The van der Waals surface area contributed by atoms with Gasteiger partial charge in [0, 0.05) is 19.4 Å². The summed E-state index contributed by atoms with van der Waals surface area (Å²) in [7, 11) is 0. The van der Waals surface area contributed by atoms with Crippen molar-refractivity contribution in [2.45, 2.75) is 44.6 Å². The molecule has 1 unspecified atom stereocenters. The van der Waals surface area contributed by atoms with Crippen LogP contribution in [0.25, 0.3) is 0 Å². The van der Waals surface area contributed by atoms with Crippen LogP contribution in [0.2, 0.25) is 0 Å². The van der Waals surface area contributed by atoms with Crippen molar-refractivity contribution in [2.24, 2.45) is 0 Å². The number of benzene rings is 1. The van der Waals surface area contributed by atoms with Crippen LogP contribution in [0.1, 0.15) is 59.2 Å². The lowest BCUT2D eigenvalue weighted by Crippen LogP contribution is -2.54. The van der Waals surface area contributed by atoms with E-state index in [0.717, 1.165) is 17.7 Å². The summed E-state index contributed by atoms with van der Waals surface area (Å²) in [5, 5.41) is 13.5. The first-order valence-electron chi connectivity index (χ1n) is 17.8. The summed E-state index contributed by atoms with van der Waals surface area (Å²) >= 11 is 0. The molecule has 0 radical (unpaired) electrons. The molecule has 17 heteroatoms. The Morgan fingerprint density at radius 3 is 1.67 bits per heavy atom. The van der Waals surface area contributed by atoms with Gasteiger partial charge in [0.1, 0.15) is 6.04 Å². The summed E-state index contributed by atoms with van der Waals surface area (Å²) < 4.78 is 43.3. The first-order valence-corrected chi connectivity index (χ1v) is 17.8. The van der Waals surface area contributed by atoms with E-state index in [4.69, 9.17) is 43.0 Å². The van der Waals surface area contributed by atoms with Crippen LogP contribution in [-0.2, 0) is 52.3 Å². The van der Waals surface area contributed by atoms with E-state index in [1.807, 2.05) is 0 Å². The highest BCUT2D eigenvalue weighted by Crippen LogP contribution is 2.32. The van der Waals surface area contributed by atoms with Crippen molar-refractivity contribution in [3.8, 4) is 0 Å². The maximum absolute atomic E-state index is 13.2. The van der Waals surface area contributed by atoms with Crippen LogP contribution in [0.5, 0.6) is 0 Å². The molecule has 292 valence electrons. The largest absolute Gasteiger partial charge is 0.394 e. The summed E-state index contributed by atoms with van der Waals surface area (Å²) in [4.78, 5) is 63.4. The second-order valence-corrected chi connectivity index (χ2v) is 11.7. The Labute approximate surface area is 303 Å². The van der Waals surface area contributed by atoms with Gasteiger partial charge in [0.2, 0.25) is 17.7 Å². The predicted molar refractivity (Wildman–Crippen MR) is 184 cm³/mol. The number of unbranched alkanes of at least 4 members (excludes halogenated alkanes) is 2. The summed E-state index contributed by atoms with van der Waals surface area (Å²) in [5.74, 6) is -2.72. The van der Waals surface area contributed by atoms with E-state index in [1.165, 1.54) is 6.07 Å². The SMILES string of the molecule is O=C1CCC(N2C(=O)c3cccc(NC(=O)CCCCCOCCOCCOCCOCCOCCOCCOCCOCCO)c3C2=O)C(=O)N1. The third-order valence-electron chi connectivity index (χ3n) is 7.77. The molecule has 1 fully saturated rings. The third kappa shape index (κ3) is 16.1. The monoisotopic (exact) mass is 739 g/mol. The average molecular weight is 740 g/mol. The topological polar surface area (TPSA) is 207 Å². The average Bonchev–Trinajstić information content (AvgIpc) is 3.38. The first-order chi connectivity index (χ1) is 25.4. The van der Waals surface area contributed by atoms with Crippen LogP contribution in [0.15, 0.2) is 18.2 Å². The second-order valence-electron chi connectivity index (χ2n) is 11.7. The fourth-order valence-electron chi connectivity index (χ4n) is 5.20. The van der Waals surface area contributed by atoms with Gasteiger partial charge in [-0.05, 0) is 31.4 Å². The number of nitrogens with zero attached hydrogens (tertiary/aromatic N) is 1. The molecular formula is C35H53N3O14. The van der Waals surface area contributed by atoms with E-state index in [1.54, 1.807) is 12.1 Å². The highest BCUT2D eigenvalue weighted by molar-refractivity contribution is 6.26. The number of aliphatic hydroxyl groups is 1. The van der Waals surface area contributed by atoms with E-state index in [-0.39, 0.29) is 48.6 Å². The van der Waals surface area contributed by atoms with Crippen LogP contribution in [0, 0.1) is 0 Å². The molecule has 2 aliphatic heterocycles. The minimum atomic E-state index is -1.07. The van der Waals surface area contributed by atoms with Gasteiger partial charge < -0.3 is 48.3 Å². The number of anilines is 1. The number of nitrogens with one attached hydrogen (secondary N) is 2. The first kappa shape index (κ1) is 43.0. The summed E-state index contributed by atoms with van der Waals surface area (Å²) in [6.45, 7) is 7.36. The Hall–Kier alpha value is -3.39. The Morgan fingerprint density at radius 2 is 1.17 bits per heavy atom. The van der Waals surface area contributed by atoms with Crippen LogP contribution in [0.3, 0.4) is 0 Å². The number of piperidine rings is 1. The predicted octanol–water partition coefficient (Wildman–Crippen LogP) is 0.712. The molecule has 52 heavy (non-hydrogen) atoms. The van der Waals surface area contributed by atoms with Gasteiger partial charge in [0.25, 0.3) is 11.8 Å². The quantitative estimate of drug-likeness (QED) is 0.0709. The number of aliphatic hydroxyl groups excluding tert-OH is 1. The lowest BCUT2D eigenvalue weighted by atomic mass is 10.0. The molecule has 0 aliphatic carbocycles. The van der Waals surface area contributed by atoms with Crippen molar-refractivity contribution in [3.05, 3.63) is 29.3 Å². The molecule has 3 rings (SSSR count). The zero-order valence-electron chi connectivity index (χ0n) is 29.8. The molecule has 0 bridgehead atoms. The number of fused-ring (bicyclic) bond motifs is 1. The molecule has 1 saturated heterocycles. The van der Waals surface area contributed by atoms with Gasteiger partial charge in [-0.2, -0.15) is 0 Å². The molecule has 0 aromatic heterocycles. The number of amides is 5. The molecule has 1 atom stereocenters. The number of ether oxygens (including phenoxy) is 8. The molecule has 5 amide bonds. The summed E-state index contributed by atoms with van der Waals surface area (Å²) in [6.07, 6.45) is 2.45. The summed E-state index contributed by atoms with van der Waals surface area (Å²) in [6, 6.07) is 3.52. The van der Waals surface area contributed by atoms with Crippen molar-refractivity contribution >= 4 is 35.2 Å². The van der Waals surface area contributed by atoms with Gasteiger partial charge in [-0.25, -0.2) is 0 Å². The lowest BCUT2D eigenvalue weighted by molar-refractivity contribution is -0.136. The van der Waals surface area contributed by atoms with Gasteiger partial charge in [0.15, 0.2) is 0 Å². The molecular weight excluding hydrogens is 686 g/mol. The van der Waals surface area contributed by atoms with E-state index >= 15 is 0 Å². The highest BCUT2D eigenvalue weighted by Gasteiger charge is 2.45. The fourth-order valence-corrected chi connectivity index (χ4v) is 5.20. The van der Waals surface area contributed by atoms with E-state index in [2.05, 4.69) is 10.6 Å². The normalized spacial score (nSPS) is 15.7. The number of rotatable bonds is 31. The van der Waals surface area contributed by atoms with Crippen molar-refractivity contribution in [1.29, 1.82) is 0 Å². The lowest BCUT2D eigenvalue weighted by Gasteiger charge is -2.27. The van der Waals surface area contributed by atoms with Gasteiger partial charge in [-0.1, -0.05) is 12.5 Å². The molecule has 2 aliphatic rings. The Morgan fingerprint density at radius 1 is 0.673 bits per heavy atom. The van der Waals surface area contributed by atoms with Crippen molar-refractivity contribution in [3.63, 3.8) is 0 Å². The minimum Gasteiger partial charge on any atom is -0.394 e. The number of hydrogen-bond acceptors (Lipinski definition) is 14. The van der Waals surface area contributed by atoms with Crippen LogP contribution in [-0.4, -0.2) is 158 Å². The maximum atomic E-state index is 13.2. The van der Waals surface area contributed by atoms with E-state index in [0.29, 0.717) is 112 Å². The zero-order chi connectivity index (χ0) is 37.2. The second kappa shape index (κ2) is 26.4. The Balaban J connectivity index is 1.08. The fraction of sp³-hybridized carbons (Fsp3) is 0.686. The number of hydrogen-bond donors (Lipinski definition) is 3. The summed E-state index contributed by atoms with van der Waals surface area (Å²) in [5.41, 5.74) is 0.381. The molecule has 1 aromatic rings. The Bertz CT molecular complexity index is 1250. The van der Waals surface area contributed by atoms with E-state index in [9.17, 15) is 24.0 Å². The number of imide groups is 2. The van der Waals surface area contributed by atoms with Crippen LogP contribution in [0.4, 0.5) is 5.69 Å². The van der Waals surface area contributed by atoms with Crippen LogP contribution >= 0.6 is 0 Å². The van der Waals surface area contributed by atoms with E-state index < -0.39 is 29.7 Å². The van der Waals surface area contributed by atoms with Crippen molar-refractivity contribution in [1.82, 2.24) is 10.2 Å². The molecule has 3 N–H and O–H groups in total. The standard InChI is InChI=1S/C35H53N3O14/c39-10-12-46-14-16-48-18-20-50-22-24-52-26-25-51-23-21-49-19-17-47-15-13-45-11-3-1-2-7-30(40)36-28-6-4-5-27-32(28)35(44)38(34(27)43)29-8-9-31(41)37-33(29)42/h4-6,29,39H,1-3,7-26H2,(H,36,40)(H,37,41,42). The minimum absolute atomic E-state index is 0.00940. The van der Waals surface area contributed by atoms with Crippen LogP contribution < -0.4 is 10.6 Å². The number of carbonyl (C=O) groups is 5.